The minimum absolute atomic E-state index is 0.116. The molecule has 0 N–H and O–H groups in total. The van der Waals surface area contributed by atoms with Crippen LogP contribution in [-0.4, -0.2) is 60.3 Å². The van der Waals surface area contributed by atoms with Crippen LogP contribution < -0.4 is 4.74 Å². The van der Waals surface area contributed by atoms with Gasteiger partial charge in [0.1, 0.15) is 11.4 Å². The molecule has 3 rings (SSSR count). The molecule has 146 valence electrons. The number of hydrogen-bond donors (Lipinski definition) is 0. The van der Waals surface area contributed by atoms with E-state index < -0.39 is 50.1 Å². The van der Waals surface area contributed by atoms with Gasteiger partial charge >= 0.3 is 6.09 Å². The highest BCUT2D eigenvalue weighted by Gasteiger charge is 2.24. The lowest BCUT2D eigenvalue weighted by molar-refractivity contribution is -0.134. The number of morpholine rings is 1. The van der Waals surface area contributed by atoms with Gasteiger partial charge in [-0.05, 0) is 38.5 Å². The van der Waals surface area contributed by atoms with Crippen LogP contribution in [0.1, 0.15) is 37.3 Å². The number of ether oxygens (including phenoxy) is 3. The third-order valence-electron chi connectivity index (χ3n) is 3.69. The second kappa shape index (κ2) is 7.60. The molecule has 1 aromatic heterocycles. The summed E-state index contributed by atoms with van der Waals surface area (Å²) in [6.07, 6.45) is -0.203. The van der Waals surface area contributed by atoms with Gasteiger partial charge in [-0.2, -0.15) is 0 Å². The molecule has 2 heterocycles. The number of fused-ring (bicyclic) bond motifs is 1. The van der Waals surface area contributed by atoms with Crippen LogP contribution in [0.2, 0.25) is 0 Å². The van der Waals surface area contributed by atoms with Gasteiger partial charge in [0.2, 0.25) is 5.91 Å². The Bertz CT molecular complexity index is 1150. The van der Waals surface area contributed by atoms with E-state index in [1.165, 1.54) is 13.3 Å². The minimum Gasteiger partial charge on any atom is -0.496 e. The predicted molar refractivity (Wildman–Crippen MR) is 101 cm³/mol. The van der Waals surface area contributed by atoms with Crippen LogP contribution in [-0.2, 0) is 20.7 Å². The zero-order chi connectivity index (χ0) is 26.8. The zero-order valence-corrected chi connectivity index (χ0v) is 15.5. The molecule has 0 bridgehead atoms. The van der Waals surface area contributed by atoms with Crippen molar-refractivity contribution in [1.82, 2.24) is 9.47 Å². The average Bonchev–Trinajstić information content (AvgIpc) is 3.03. The van der Waals surface area contributed by atoms with E-state index in [9.17, 15) is 9.59 Å². The van der Waals surface area contributed by atoms with Crippen LogP contribution in [0, 0.1) is 0 Å². The first-order valence-electron chi connectivity index (χ1n) is 12.2. The van der Waals surface area contributed by atoms with E-state index in [4.69, 9.17) is 20.4 Å². The number of aromatic nitrogens is 1. The van der Waals surface area contributed by atoms with Gasteiger partial charge in [-0.25, -0.2) is 4.79 Å². The lowest BCUT2D eigenvalue weighted by Gasteiger charge is -2.26. The maximum atomic E-state index is 13.3. The van der Waals surface area contributed by atoms with Gasteiger partial charge in [-0.1, -0.05) is 6.07 Å². The first-order valence-corrected chi connectivity index (χ1v) is 8.20. The Hall–Kier alpha value is -2.54. The number of carbonyl (C=O) groups excluding carboxylic acids is 2. The maximum absolute atomic E-state index is 13.3. The van der Waals surface area contributed by atoms with Crippen molar-refractivity contribution in [3.8, 4) is 5.75 Å². The molecule has 1 aliphatic heterocycles. The van der Waals surface area contributed by atoms with Gasteiger partial charge in [0.25, 0.3) is 0 Å². The van der Waals surface area contributed by atoms with Gasteiger partial charge in [0.15, 0.2) is 0 Å². The molecule has 0 aliphatic carbocycles. The molecule has 7 heteroatoms. The van der Waals surface area contributed by atoms with Crippen molar-refractivity contribution in [3.05, 3.63) is 30.0 Å². The molecule has 1 aliphatic rings. The van der Waals surface area contributed by atoms with E-state index in [1.807, 2.05) is 0 Å². The standard InChI is InChI=1S/C20H26N2O5/c1-20(2,3)27-19(24)22-13-14(12-17(23)21-8-10-26-11-9-21)18-15(22)6-5-7-16(18)25-4/h5-7,13H,8-12H2,1-4H3/i8D2,9D2,10D2,11D2. The third-order valence-corrected chi connectivity index (χ3v) is 3.69. The molecular formula is C20H26N2O5. The highest BCUT2D eigenvalue weighted by atomic mass is 16.6. The van der Waals surface area contributed by atoms with Crippen LogP contribution in [0.5, 0.6) is 5.75 Å². The van der Waals surface area contributed by atoms with Crippen LogP contribution in [0.15, 0.2) is 24.4 Å². The number of amides is 1. The minimum atomic E-state index is -3.37. The Balaban J connectivity index is 2.13. The van der Waals surface area contributed by atoms with Crippen molar-refractivity contribution in [1.29, 1.82) is 0 Å². The molecule has 1 amide bonds. The Morgan fingerprint density at radius 2 is 1.96 bits per heavy atom. The smallest absolute Gasteiger partial charge is 0.419 e. The fourth-order valence-electron chi connectivity index (χ4n) is 2.66. The Morgan fingerprint density at radius 1 is 1.26 bits per heavy atom. The van der Waals surface area contributed by atoms with E-state index in [0.29, 0.717) is 10.9 Å². The van der Waals surface area contributed by atoms with Gasteiger partial charge < -0.3 is 19.1 Å². The lowest BCUT2D eigenvalue weighted by atomic mass is 10.1. The lowest BCUT2D eigenvalue weighted by Crippen LogP contribution is -2.41. The van der Waals surface area contributed by atoms with Gasteiger partial charge in [-0.3, -0.25) is 9.36 Å². The number of carbonyl (C=O) groups is 2. The number of rotatable bonds is 3. The molecule has 1 fully saturated rings. The topological polar surface area (TPSA) is 70.0 Å². The van der Waals surface area contributed by atoms with Crippen molar-refractivity contribution in [2.24, 2.45) is 0 Å². The number of benzene rings is 1. The summed E-state index contributed by atoms with van der Waals surface area (Å²) >= 11 is 0. The van der Waals surface area contributed by atoms with Crippen molar-refractivity contribution < 1.29 is 34.8 Å². The summed E-state index contributed by atoms with van der Waals surface area (Å²) < 4.78 is 79.9. The maximum Gasteiger partial charge on any atom is 0.419 e. The van der Waals surface area contributed by atoms with Crippen molar-refractivity contribution in [2.75, 3.05) is 33.2 Å². The largest absolute Gasteiger partial charge is 0.496 e. The molecule has 0 atom stereocenters. The second-order valence-corrected chi connectivity index (χ2v) is 6.79. The first kappa shape index (κ1) is 11.3. The molecule has 0 radical (unpaired) electrons. The molecule has 1 saturated heterocycles. The highest BCUT2D eigenvalue weighted by Crippen LogP contribution is 2.32. The summed E-state index contributed by atoms with van der Waals surface area (Å²) in [5.41, 5.74) is -0.396. The molecule has 0 saturated carbocycles. The molecule has 7 nitrogen and oxygen atoms in total. The average molecular weight is 382 g/mol. The number of nitrogens with zero attached hydrogens (tertiary/aromatic N) is 2. The van der Waals surface area contributed by atoms with Gasteiger partial charge in [0.05, 0.1) is 43.1 Å². The normalized spacial score (nSPS) is 26.9. The van der Waals surface area contributed by atoms with Crippen LogP contribution in [0.3, 0.4) is 0 Å². The molecule has 0 spiro atoms. The summed E-state index contributed by atoms with van der Waals surface area (Å²) in [7, 11) is 1.37. The molecule has 27 heavy (non-hydrogen) atoms. The van der Waals surface area contributed by atoms with E-state index in [2.05, 4.69) is 4.74 Å². The van der Waals surface area contributed by atoms with Crippen LogP contribution >= 0.6 is 0 Å². The second-order valence-electron chi connectivity index (χ2n) is 6.79. The summed E-state index contributed by atoms with van der Waals surface area (Å²) in [6.45, 7) is -8.44. The van der Waals surface area contributed by atoms with Crippen LogP contribution in [0.4, 0.5) is 4.79 Å². The van der Waals surface area contributed by atoms with Crippen LogP contribution in [0.25, 0.3) is 10.9 Å². The number of hydrogen-bond acceptors (Lipinski definition) is 5. The highest BCUT2D eigenvalue weighted by molar-refractivity contribution is 5.98. The fourth-order valence-corrected chi connectivity index (χ4v) is 2.66. The van der Waals surface area contributed by atoms with Crippen molar-refractivity contribution in [3.63, 3.8) is 0 Å². The van der Waals surface area contributed by atoms with E-state index in [1.54, 1.807) is 39.0 Å². The monoisotopic (exact) mass is 382 g/mol. The SMILES string of the molecule is [2H]C1([2H])OC([2H])([2H])C([2H])([2H])N(C(=O)Cc2cn(C(=O)OC(C)(C)C)c3cccc(OC)c23)C1([2H])[2H]. The Morgan fingerprint density at radius 3 is 2.59 bits per heavy atom. The Kier molecular flexibility index (Phi) is 3.19. The summed E-state index contributed by atoms with van der Waals surface area (Å²) in [5.74, 6) is -1.00. The van der Waals surface area contributed by atoms with Gasteiger partial charge in [-0.15, -0.1) is 0 Å². The predicted octanol–water partition coefficient (Wildman–Crippen LogP) is 2.83. The van der Waals surface area contributed by atoms with Gasteiger partial charge in [0, 0.05) is 24.6 Å². The van der Waals surface area contributed by atoms with Crippen molar-refractivity contribution in [2.45, 2.75) is 32.8 Å². The van der Waals surface area contributed by atoms with E-state index >= 15 is 0 Å². The number of methoxy groups -OCH3 is 1. The molecule has 1 aromatic carbocycles. The molecule has 2 aromatic rings. The molecule has 0 unspecified atom stereocenters. The summed E-state index contributed by atoms with van der Waals surface area (Å²) in [5, 5.41) is 0.301. The summed E-state index contributed by atoms with van der Waals surface area (Å²) in [6, 6.07) is 4.75. The molecular weight excluding hydrogens is 348 g/mol. The van der Waals surface area contributed by atoms with E-state index in [-0.39, 0.29) is 16.2 Å². The summed E-state index contributed by atoms with van der Waals surface area (Å²) in [4.78, 5) is 26.0. The van der Waals surface area contributed by atoms with Crippen molar-refractivity contribution >= 4 is 22.9 Å². The fraction of sp³-hybridized carbons (Fsp3) is 0.500. The third kappa shape index (κ3) is 4.24. The zero-order valence-electron chi connectivity index (χ0n) is 23.5. The van der Waals surface area contributed by atoms with E-state index in [0.717, 1.165) is 4.57 Å². The Labute approximate surface area is 170 Å². The first-order chi connectivity index (χ1) is 15.8. The quantitative estimate of drug-likeness (QED) is 0.816.